The molecule has 0 aliphatic carbocycles. The monoisotopic (exact) mass is 579 g/mol. The van der Waals surface area contributed by atoms with E-state index in [0.29, 0.717) is 26.4 Å². The number of rotatable bonds is 12. The average molecular weight is 580 g/mol. The Morgan fingerprint density at radius 3 is 1.63 bits per heavy atom. The van der Waals surface area contributed by atoms with Crippen molar-refractivity contribution in [2.24, 2.45) is 0 Å². The maximum absolute atomic E-state index is 13.7. The van der Waals surface area contributed by atoms with Crippen LogP contribution in [0, 0.1) is 0 Å². The molecule has 5 atom stereocenters. The van der Waals surface area contributed by atoms with Gasteiger partial charge in [0.15, 0.2) is 0 Å². The highest BCUT2D eigenvalue weighted by atomic mass is 16.6. The Bertz CT molecular complexity index is 1410. The Morgan fingerprint density at radius 1 is 0.628 bits per heavy atom. The molecule has 7 heteroatoms. The number of hydrogen-bond acceptors (Lipinski definition) is 6. The molecule has 0 N–H and O–H groups in total. The van der Waals surface area contributed by atoms with Gasteiger partial charge in [0, 0.05) is 0 Å². The predicted molar refractivity (Wildman–Crippen MR) is 162 cm³/mol. The molecule has 4 aromatic rings. The molecule has 0 radical (unpaired) electrons. The number of benzene rings is 4. The number of nitrogens with zero attached hydrogens (tertiary/aromatic N) is 1. The van der Waals surface area contributed by atoms with Gasteiger partial charge in [0.1, 0.15) is 31.0 Å². The minimum Gasteiger partial charge on any atom is -0.445 e. The first-order valence-corrected chi connectivity index (χ1v) is 14.8. The largest absolute Gasteiger partial charge is 0.445 e. The van der Waals surface area contributed by atoms with Crippen LogP contribution in [0.1, 0.15) is 22.3 Å². The van der Waals surface area contributed by atoms with Crippen LogP contribution >= 0.6 is 0 Å². The van der Waals surface area contributed by atoms with Gasteiger partial charge in [0.2, 0.25) is 0 Å². The molecule has 0 bridgehead atoms. The average Bonchev–Trinajstić information content (AvgIpc) is 3.84. The van der Waals surface area contributed by atoms with Crippen molar-refractivity contribution in [1.29, 1.82) is 0 Å². The van der Waals surface area contributed by atoms with E-state index >= 15 is 0 Å². The summed E-state index contributed by atoms with van der Waals surface area (Å²) in [5.74, 6) is 0. The number of amides is 1. The minimum atomic E-state index is -0.526. The molecule has 222 valence electrons. The maximum atomic E-state index is 13.7. The van der Waals surface area contributed by atoms with Crippen LogP contribution in [0.25, 0.3) is 0 Å². The van der Waals surface area contributed by atoms with Crippen molar-refractivity contribution in [3.63, 3.8) is 0 Å². The van der Waals surface area contributed by atoms with Gasteiger partial charge in [-0.1, -0.05) is 121 Å². The fourth-order valence-electron chi connectivity index (χ4n) is 5.50. The highest BCUT2D eigenvalue weighted by Crippen LogP contribution is 2.38. The third kappa shape index (κ3) is 7.89. The van der Waals surface area contributed by atoms with Gasteiger partial charge in [0.25, 0.3) is 0 Å². The number of hydrogen-bond donors (Lipinski definition) is 0. The van der Waals surface area contributed by atoms with Gasteiger partial charge in [-0.25, -0.2) is 4.79 Å². The molecule has 0 aromatic heterocycles. The van der Waals surface area contributed by atoms with Crippen molar-refractivity contribution >= 4 is 6.09 Å². The number of carbonyl (C=O) groups excluding carboxylic acids is 1. The van der Waals surface area contributed by atoms with E-state index in [1.54, 1.807) is 4.90 Å². The van der Waals surface area contributed by atoms with E-state index in [0.717, 1.165) is 22.3 Å². The first-order valence-electron chi connectivity index (χ1n) is 14.8. The molecule has 0 spiro atoms. The first kappa shape index (κ1) is 29.1. The van der Waals surface area contributed by atoms with Crippen LogP contribution in [0.3, 0.4) is 0 Å². The number of ether oxygens (including phenoxy) is 5. The smallest absolute Gasteiger partial charge is 0.410 e. The molecule has 7 nitrogen and oxygen atoms in total. The van der Waals surface area contributed by atoms with Crippen LogP contribution in [0.4, 0.5) is 4.79 Å². The van der Waals surface area contributed by atoms with Gasteiger partial charge >= 0.3 is 6.09 Å². The Balaban J connectivity index is 1.26. The summed E-state index contributed by atoms with van der Waals surface area (Å²) in [6.07, 6.45) is -1.74. The van der Waals surface area contributed by atoms with Crippen LogP contribution in [-0.2, 0) is 50.1 Å². The van der Waals surface area contributed by atoms with Crippen LogP contribution < -0.4 is 0 Å². The summed E-state index contributed by atoms with van der Waals surface area (Å²) in [4.78, 5) is 15.5. The Morgan fingerprint density at radius 2 is 1.09 bits per heavy atom. The van der Waals surface area contributed by atoms with Crippen molar-refractivity contribution in [2.75, 3.05) is 13.2 Å². The van der Waals surface area contributed by atoms with Crippen molar-refractivity contribution < 1.29 is 28.5 Å². The van der Waals surface area contributed by atoms with E-state index < -0.39 is 24.3 Å². The van der Waals surface area contributed by atoms with Crippen LogP contribution in [-0.4, -0.2) is 54.6 Å². The van der Waals surface area contributed by atoms with E-state index in [9.17, 15) is 4.79 Å². The summed E-state index contributed by atoms with van der Waals surface area (Å²) in [6.45, 7) is 1.96. The van der Waals surface area contributed by atoms with Gasteiger partial charge in [0.05, 0.1) is 39.0 Å². The lowest BCUT2D eigenvalue weighted by atomic mass is 10.0. The molecule has 2 fully saturated rings. The SMILES string of the molecule is O=C(OCc1ccccc1)N1C[C@@H]2O[C@@H]2[C@@H](OCc2ccccc2)[C@H](OCc2ccccc2)[C@H]1COCc1ccccc1. The summed E-state index contributed by atoms with van der Waals surface area (Å²) in [5.41, 5.74) is 4.06. The number of epoxide rings is 1. The molecule has 2 aliphatic heterocycles. The van der Waals surface area contributed by atoms with Gasteiger partial charge in [-0.05, 0) is 22.3 Å². The Labute approximate surface area is 252 Å². The topological polar surface area (TPSA) is 69.8 Å². The molecule has 1 amide bonds. The molecule has 0 unspecified atom stereocenters. The third-order valence-corrected chi connectivity index (χ3v) is 7.84. The highest BCUT2D eigenvalue weighted by molar-refractivity contribution is 5.68. The lowest BCUT2D eigenvalue weighted by Gasteiger charge is -2.37. The highest BCUT2D eigenvalue weighted by Gasteiger charge is 2.57. The summed E-state index contributed by atoms with van der Waals surface area (Å²) in [6, 6.07) is 39.3. The molecule has 43 heavy (non-hydrogen) atoms. The lowest BCUT2D eigenvalue weighted by Crippen LogP contribution is -2.54. The second-order valence-electron chi connectivity index (χ2n) is 10.9. The summed E-state index contributed by atoms with van der Waals surface area (Å²) in [7, 11) is 0. The molecule has 2 heterocycles. The van der Waals surface area contributed by atoms with Crippen LogP contribution in [0.5, 0.6) is 0 Å². The summed E-state index contributed by atoms with van der Waals surface area (Å²) < 4.78 is 31.5. The van der Waals surface area contributed by atoms with Gasteiger partial charge in [-0.2, -0.15) is 0 Å². The third-order valence-electron chi connectivity index (χ3n) is 7.84. The normalized spacial score (nSPS) is 22.8. The molecule has 2 saturated heterocycles. The van der Waals surface area contributed by atoms with E-state index in [-0.39, 0.29) is 25.4 Å². The zero-order valence-electron chi connectivity index (χ0n) is 24.1. The van der Waals surface area contributed by atoms with E-state index in [4.69, 9.17) is 23.7 Å². The summed E-state index contributed by atoms with van der Waals surface area (Å²) >= 11 is 0. The zero-order chi connectivity index (χ0) is 29.3. The Hall–Kier alpha value is -4.01. The predicted octanol–water partition coefficient (Wildman–Crippen LogP) is 6.16. The van der Waals surface area contributed by atoms with Crippen molar-refractivity contribution in [1.82, 2.24) is 4.90 Å². The van der Waals surface area contributed by atoms with Crippen molar-refractivity contribution in [3.8, 4) is 0 Å². The fraction of sp³-hybridized carbons (Fsp3) is 0.306. The fourth-order valence-corrected chi connectivity index (χ4v) is 5.50. The van der Waals surface area contributed by atoms with Crippen molar-refractivity contribution in [3.05, 3.63) is 144 Å². The molecular weight excluding hydrogens is 542 g/mol. The van der Waals surface area contributed by atoms with Crippen LogP contribution in [0.2, 0.25) is 0 Å². The molecular formula is C36H37NO6. The summed E-state index contributed by atoms with van der Waals surface area (Å²) in [5, 5.41) is 0. The van der Waals surface area contributed by atoms with Crippen LogP contribution in [0.15, 0.2) is 121 Å². The Kier molecular flexibility index (Phi) is 9.77. The zero-order valence-corrected chi connectivity index (χ0v) is 24.1. The quantitative estimate of drug-likeness (QED) is 0.187. The van der Waals surface area contributed by atoms with Gasteiger partial charge in [-0.3, -0.25) is 4.90 Å². The number of carbonyl (C=O) groups is 1. The maximum Gasteiger partial charge on any atom is 0.410 e. The minimum absolute atomic E-state index is 0.173. The van der Waals surface area contributed by atoms with E-state index in [1.165, 1.54) is 0 Å². The molecule has 0 saturated carbocycles. The van der Waals surface area contributed by atoms with Gasteiger partial charge < -0.3 is 23.7 Å². The van der Waals surface area contributed by atoms with Crippen molar-refractivity contribution in [2.45, 2.75) is 56.9 Å². The molecule has 4 aromatic carbocycles. The molecule has 2 aliphatic rings. The van der Waals surface area contributed by atoms with Gasteiger partial charge in [-0.15, -0.1) is 0 Å². The lowest BCUT2D eigenvalue weighted by molar-refractivity contribution is -0.133. The number of likely N-dealkylation sites (tertiary alicyclic amines) is 1. The number of fused-ring (bicyclic) bond motifs is 1. The second kappa shape index (κ2) is 14.4. The first-order chi connectivity index (χ1) is 21.2. The second-order valence-corrected chi connectivity index (χ2v) is 10.9. The standard InChI is InChI=1S/C36H37NO6/c38-36(42-25-30-19-11-4-12-20-30)37-21-32-34(43-32)35(41-24-29-17-9-3-10-18-29)33(40-23-28-15-7-2-8-16-28)31(37)26-39-22-27-13-5-1-6-14-27/h1-20,31-35H,21-26H2/t31-,32+,33-,34+,35+/m1/s1. The van der Waals surface area contributed by atoms with E-state index in [1.807, 2.05) is 121 Å². The molecule has 6 rings (SSSR count). The van der Waals surface area contributed by atoms with E-state index in [2.05, 4.69) is 0 Å².